The number of thiazole rings is 1. The second kappa shape index (κ2) is 6.25. The summed E-state index contributed by atoms with van der Waals surface area (Å²) in [7, 11) is 0. The van der Waals surface area contributed by atoms with Crippen LogP contribution in [0.2, 0.25) is 8.67 Å². The maximum atomic E-state index is 12.3. The van der Waals surface area contributed by atoms with Crippen LogP contribution in [0.3, 0.4) is 0 Å². The minimum absolute atomic E-state index is 0.167. The highest BCUT2D eigenvalue weighted by Gasteiger charge is 2.18. The zero-order valence-electron chi connectivity index (χ0n) is 11.8. The molecule has 0 fully saturated rings. The molecule has 122 valence electrons. The molecule has 0 bridgehead atoms. The van der Waals surface area contributed by atoms with E-state index in [4.69, 9.17) is 32.7 Å². The normalized spacial score (nSPS) is 12.4. The third kappa shape index (κ3) is 2.95. The maximum absolute atomic E-state index is 12.3. The van der Waals surface area contributed by atoms with Gasteiger partial charge in [0.15, 0.2) is 16.6 Å². The van der Waals surface area contributed by atoms with Crippen molar-refractivity contribution in [3.63, 3.8) is 0 Å². The third-order valence-corrected chi connectivity index (χ3v) is 5.54. The van der Waals surface area contributed by atoms with Crippen molar-refractivity contribution < 1.29 is 14.3 Å². The maximum Gasteiger partial charge on any atom is 0.257 e. The number of nitrogens with zero attached hydrogens (tertiary/aromatic N) is 1. The monoisotopic (exact) mass is 398 g/mol. The van der Waals surface area contributed by atoms with Crippen molar-refractivity contribution in [3.05, 3.63) is 43.9 Å². The summed E-state index contributed by atoms with van der Waals surface area (Å²) in [5, 5.41) is 5.06. The first-order valence-electron chi connectivity index (χ1n) is 6.72. The average Bonchev–Trinajstić information content (AvgIpc) is 3.26. The van der Waals surface area contributed by atoms with Gasteiger partial charge < -0.3 is 9.47 Å². The van der Waals surface area contributed by atoms with Gasteiger partial charge in [0.1, 0.15) is 4.34 Å². The Morgan fingerprint density at radius 2 is 2.04 bits per heavy atom. The van der Waals surface area contributed by atoms with Gasteiger partial charge in [-0.2, -0.15) is 0 Å². The number of rotatable bonds is 3. The molecule has 1 aliphatic rings. The van der Waals surface area contributed by atoms with Crippen LogP contribution in [0.25, 0.3) is 11.3 Å². The molecular weight excluding hydrogens is 391 g/mol. The van der Waals surface area contributed by atoms with Crippen LogP contribution in [0.1, 0.15) is 10.4 Å². The number of benzene rings is 1. The van der Waals surface area contributed by atoms with Gasteiger partial charge in [-0.1, -0.05) is 23.2 Å². The van der Waals surface area contributed by atoms with E-state index in [2.05, 4.69) is 10.3 Å². The van der Waals surface area contributed by atoms with Crippen molar-refractivity contribution in [2.45, 2.75) is 0 Å². The molecule has 3 aromatic rings. The highest BCUT2D eigenvalue weighted by molar-refractivity contribution is 7.20. The van der Waals surface area contributed by atoms with Crippen molar-refractivity contribution in [1.29, 1.82) is 0 Å². The summed E-state index contributed by atoms with van der Waals surface area (Å²) in [5.74, 6) is 0.915. The average molecular weight is 399 g/mol. The van der Waals surface area contributed by atoms with E-state index in [1.807, 2.05) is 5.38 Å². The van der Waals surface area contributed by atoms with Gasteiger partial charge in [-0.25, -0.2) is 4.98 Å². The highest BCUT2D eigenvalue weighted by atomic mass is 35.5. The van der Waals surface area contributed by atoms with Crippen molar-refractivity contribution in [3.8, 4) is 22.8 Å². The smallest absolute Gasteiger partial charge is 0.257 e. The highest BCUT2D eigenvalue weighted by Crippen LogP contribution is 2.39. The Hall–Kier alpha value is -1.80. The van der Waals surface area contributed by atoms with E-state index in [0.717, 1.165) is 5.56 Å². The Labute approximate surface area is 154 Å². The number of carbonyl (C=O) groups is 1. The van der Waals surface area contributed by atoms with Crippen molar-refractivity contribution in [2.24, 2.45) is 0 Å². The molecule has 0 atom stereocenters. The number of halogens is 2. The zero-order valence-corrected chi connectivity index (χ0v) is 15.0. The summed E-state index contributed by atoms with van der Waals surface area (Å²) in [6.07, 6.45) is 0. The van der Waals surface area contributed by atoms with E-state index in [1.54, 1.807) is 24.3 Å². The number of hydrogen-bond donors (Lipinski definition) is 1. The first-order valence-corrected chi connectivity index (χ1v) is 9.17. The molecule has 4 rings (SSSR count). The number of amides is 1. The van der Waals surface area contributed by atoms with E-state index < -0.39 is 0 Å². The molecule has 2 aromatic heterocycles. The van der Waals surface area contributed by atoms with Gasteiger partial charge in [0.2, 0.25) is 6.79 Å². The predicted molar refractivity (Wildman–Crippen MR) is 96.0 cm³/mol. The Morgan fingerprint density at radius 3 is 2.83 bits per heavy atom. The lowest BCUT2D eigenvalue weighted by atomic mass is 10.2. The van der Waals surface area contributed by atoms with Crippen molar-refractivity contribution >= 4 is 56.9 Å². The minimum atomic E-state index is -0.274. The van der Waals surface area contributed by atoms with Crippen LogP contribution in [0.15, 0.2) is 29.6 Å². The van der Waals surface area contributed by atoms with Crippen LogP contribution in [0.5, 0.6) is 11.5 Å². The first-order chi connectivity index (χ1) is 11.6. The van der Waals surface area contributed by atoms with Gasteiger partial charge in [0, 0.05) is 16.5 Å². The van der Waals surface area contributed by atoms with E-state index in [-0.39, 0.29) is 12.7 Å². The Balaban J connectivity index is 1.53. The molecule has 0 spiro atoms. The largest absolute Gasteiger partial charge is 0.454 e. The van der Waals surface area contributed by atoms with Gasteiger partial charge in [-0.05, 0) is 24.3 Å². The van der Waals surface area contributed by atoms with E-state index in [9.17, 15) is 4.79 Å². The van der Waals surface area contributed by atoms with Gasteiger partial charge in [-0.15, -0.1) is 22.7 Å². The van der Waals surface area contributed by atoms with Crippen molar-refractivity contribution in [2.75, 3.05) is 12.1 Å². The topological polar surface area (TPSA) is 60.5 Å². The molecule has 24 heavy (non-hydrogen) atoms. The fourth-order valence-corrected chi connectivity index (χ4v) is 4.36. The molecule has 0 saturated carbocycles. The summed E-state index contributed by atoms with van der Waals surface area (Å²) < 4.78 is 11.7. The molecule has 9 heteroatoms. The molecule has 1 amide bonds. The molecule has 0 radical (unpaired) electrons. The molecule has 0 unspecified atom stereocenters. The number of anilines is 1. The number of thiophene rings is 1. The van der Waals surface area contributed by atoms with E-state index in [1.165, 1.54) is 22.7 Å². The quantitative estimate of drug-likeness (QED) is 0.661. The number of ether oxygens (including phenoxy) is 2. The van der Waals surface area contributed by atoms with Crippen LogP contribution in [0.4, 0.5) is 5.13 Å². The van der Waals surface area contributed by atoms with Crippen LogP contribution in [-0.2, 0) is 0 Å². The number of carbonyl (C=O) groups excluding carboxylic acids is 1. The van der Waals surface area contributed by atoms with Crippen LogP contribution < -0.4 is 14.8 Å². The lowest BCUT2D eigenvalue weighted by molar-refractivity contribution is 0.102. The summed E-state index contributed by atoms with van der Waals surface area (Å²) in [6.45, 7) is 0.167. The molecule has 1 aliphatic heterocycles. The summed E-state index contributed by atoms with van der Waals surface area (Å²) >= 11 is 14.7. The number of nitrogens with one attached hydrogen (secondary N) is 1. The van der Waals surface area contributed by atoms with E-state index in [0.29, 0.717) is 36.6 Å². The zero-order chi connectivity index (χ0) is 16.7. The second-order valence-electron chi connectivity index (χ2n) is 4.80. The number of fused-ring (bicyclic) bond motifs is 1. The minimum Gasteiger partial charge on any atom is -0.454 e. The fourth-order valence-electron chi connectivity index (χ4n) is 2.18. The van der Waals surface area contributed by atoms with Crippen LogP contribution in [-0.4, -0.2) is 17.7 Å². The van der Waals surface area contributed by atoms with Gasteiger partial charge in [0.25, 0.3) is 5.91 Å². The summed E-state index contributed by atoms with van der Waals surface area (Å²) in [5.41, 5.74) is 1.90. The Bertz CT molecular complexity index is 939. The molecular formula is C15H8Cl2N2O3S2. The summed E-state index contributed by atoms with van der Waals surface area (Å²) in [4.78, 5) is 16.7. The molecule has 1 N–H and O–H groups in total. The van der Waals surface area contributed by atoms with Crippen molar-refractivity contribution in [1.82, 2.24) is 4.98 Å². The summed E-state index contributed by atoms with van der Waals surface area (Å²) in [6, 6.07) is 6.78. The molecule has 1 aromatic carbocycles. The Kier molecular flexibility index (Phi) is 4.09. The third-order valence-electron chi connectivity index (χ3n) is 3.29. The molecule has 3 heterocycles. The molecule has 0 aliphatic carbocycles. The standard InChI is InChI=1S/C15H8Cl2N2O3S2/c16-12-4-8(13(17)24-12)9-5-23-15(18-9)19-14(20)7-1-2-10-11(3-7)22-6-21-10/h1-5H,6H2,(H,18,19,20). The van der Waals surface area contributed by atoms with Gasteiger partial charge >= 0.3 is 0 Å². The Morgan fingerprint density at radius 1 is 1.21 bits per heavy atom. The fraction of sp³-hybridized carbons (Fsp3) is 0.0667. The lowest BCUT2D eigenvalue weighted by Crippen LogP contribution is -2.11. The van der Waals surface area contributed by atoms with Crippen LogP contribution in [0, 0.1) is 0 Å². The first kappa shape index (κ1) is 15.7. The molecule has 5 nitrogen and oxygen atoms in total. The SMILES string of the molecule is O=C(Nc1nc(-c2cc(Cl)sc2Cl)cs1)c1ccc2c(c1)OCO2. The van der Waals surface area contributed by atoms with Gasteiger partial charge in [-0.3, -0.25) is 10.1 Å². The molecule has 0 saturated heterocycles. The number of hydrogen-bond acceptors (Lipinski definition) is 6. The predicted octanol–water partition coefficient (Wildman–Crippen LogP) is 5.16. The van der Waals surface area contributed by atoms with E-state index >= 15 is 0 Å². The van der Waals surface area contributed by atoms with Crippen LogP contribution >= 0.6 is 45.9 Å². The van der Waals surface area contributed by atoms with Gasteiger partial charge in [0.05, 0.1) is 10.0 Å². The second-order valence-corrected chi connectivity index (χ2v) is 7.94. The number of aromatic nitrogens is 1. The lowest BCUT2D eigenvalue weighted by Gasteiger charge is -2.03.